The van der Waals surface area contributed by atoms with Gasteiger partial charge in [0, 0.05) is 24.6 Å². The summed E-state index contributed by atoms with van der Waals surface area (Å²) < 4.78 is 27.0. The van der Waals surface area contributed by atoms with E-state index in [1.165, 1.54) is 17.9 Å². The molecule has 1 aliphatic carbocycles. The highest BCUT2D eigenvalue weighted by atomic mass is 32.2. The molecule has 0 bridgehead atoms. The van der Waals surface area contributed by atoms with E-state index in [0.717, 1.165) is 53.8 Å². The third-order valence-corrected chi connectivity index (χ3v) is 8.78. The maximum Gasteiger partial charge on any atom is 0.244 e. The lowest BCUT2D eigenvalue weighted by Gasteiger charge is -2.35. The fourth-order valence-electron chi connectivity index (χ4n) is 5.37. The van der Waals surface area contributed by atoms with E-state index in [1.807, 2.05) is 60.7 Å². The molecule has 3 aromatic carbocycles. The van der Waals surface area contributed by atoms with Gasteiger partial charge in [-0.3, -0.25) is 18.7 Å². The third kappa shape index (κ3) is 8.52. The number of hydrogen-bond donors (Lipinski definition) is 1. The van der Waals surface area contributed by atoms with Gasteiger partial charge < -0.3 is 10.2 Å². The summed E-state index contributed by atoms with van der Waals surface area (Å²) in [5.74, 6) is -0.985. The Morgan fingerprint density at radius 2 is 1.48 bits per heavy atom. The summed E-state index contributed by atoms with van der Waals surface area (Å²) in [5, 5.41) is 3.19. The number of nitrogens with zero attached hydrogens (tertiary/aromatic N) is 2. The third-order valence-electron chi connectivity index (χ3n) is 7.64. The molecule has 1 saturated carbocycles. The van der Waals surface area contributed by atoms with E-state index in [4.69, 9.17) is 0 Å². The van der Waals surface area contributed by atoms with E-state index in [0.29, 0.717) is 5.56 Å². The van der Waals surface area contributed by atoms with Gasteiger partial charge in [-0.25, -0.2) is 8.42 Å². The Kier molecular flexibility index (Phi) is 10.5. The molecule has 0 unspecified atom stereocenters. The molecule has 1 atom stereocenters. The SMILES string of the molecule is CC(=O)c1cccc(N(CC(=O)N(Cc2ccccc2)[C@H](Cc2ccccc2)C(=O)NC2CCCCC2)S(C)(=O)=O)c1. The van der Waals surface area contributed by atoms with E-state index >= 15 is 0 Å². The quantitative estimate of drug-likeness (QED) is 0.307. The molecular weight excluding hydrogens is 550 g/mol. The normalized spacial score (nSPS) is 14.5. The van der Waals surface area contributed by atoms with Crippen LogP contribution in [0.1, 0.15) is 60.5 Å². The first-order valence-corrected chi connectivity index (χ1v) is 16.2. The van der Waals surface area contributed by atoms with Gasteiger partial charge in [0.2, 0.25) is 21.8 Å². The molecule has 0 heterocycles. The molecule has 0 aromatic heterocycles. The Bertz CT molecular complexity index is 1470. The van der Waals surface area contributed by atoms with Gasteiger partial charge in [0.25, 0.3) is 0 Å². The first-order valence-electron chi connectivity index (χ1n) is 14.4. The van der Waals surface area contributed by atoms with Crippen molar-refractivity contribution in [3.63, 3.8) is 0 Å². The van der Waals surface area contributed by atoms with E-state index < -0.39 is 28.5 Å². The van der Waals surface area contributed by atoms with Crippen molar-refractivity contribution < 1.29 is 22.8 Å². The van der Waals surface area contributed by atoms with Crippen LogP contribution in [0.5, 0.6) is 0 Å². The summed E-state index contributed by atoms with van der Waals surface area (Å²) in [6, 6.07) is 24.3. The van der Waals surface area contributed by atoms with Crippen LogP contribution in [0.15, 0.2) is 84.9 Å². The largest absolute Gasteiger partial charge is 0.352 e. The second-order valence-electron chi connectivity index (χ2n) is 10.9. The lowest BCUT2D eigenvalue weighted by molar-refractivity contribution is -0.140. The average Bonchev–Trinajstić information content (AvgIpc) is 2.98. The molecule has 0 radical (unpaired) electrons. The van der Waals surface area contributed by atoms with Crippen molar-refractivity contribution in [1.82, 2.24) is 10.2 Å². The molecule has 42 heavy (non-hydrogen) atoms. The van der Waals surface area contributed by atoms with Gasteiger partial charge in [-0.2, -0.15) is 0 Å². The summed E-state index contributed by atoms with van der Waals surface area (Å²) in [7, 11) is -3.92. The van der Waals surface area contributed by atoms with Gasteiger partial charge in [0.05, 0.1) is 11.9 Å². The standard InChI is InChI=1S/C33H39N3O5S/c1-25(37)28-17-12-20-30(22-28)36(42(2,40)41)24-32(38)35(23-27-15-8-4-9-16-27)31(21-26-13-6-3-7-14-26)33(39)34-29-18-10-5-11-19-29/h3-4,6-9,12-17,20,22,29,31H,5,10-11,18-19,21,23-24H2,1-2H3,(H,34,39)/t31-/m1/s1. The number of rotatable bonds is 12. The number of benzene rings is 3. The number of carbonyl (C=O) groups excluding carboxylic acids is 3. The number of carbonyl (C=O) groups is 3. The van der Waals surface area contributed by atoms with Crippen molar-refractivity contribution in [3.8, 4) is 0 Å². The molecule has 3 aromatic rings. The molecule has 0 spiro atoms. The van der Waals surface area contributed by atoms with Gasteiger partial charge in [-0.05, 0) is 43.0 Å². The lowest BCUT2D eigenvalue weighted by atomic mass is 9.94. The van der Waals surface area contributed by atoms with Gasteiger partial charge in [0.15, 0.2) is 5.78 Å². The average molecular weight is 590 g/mol. The second-order valence-corrected chi connectivity index (χ2v) is 12.8. The monoisotopic (exact) mass is 589 g/mol. The minimum atomic E-state index is -3.92. The zero-order chi connectivity index (χ0) is 30.1. The molecule has 0 aliphatic heterocycles. The summed E-state index contributed by atoms with van der Waals surface area (Å²) >= 11 is 0. The summed E-state index contributed by atoms with van der Waals surface area (Å²) in [4.78, 5) is 41.7. The van der Waals surface area contributed by atoms with Crippen LogP contribution in [-0.4, -0.2) is 55.8 Å². The van der Waals surface area contributed by atoms with Crippen molar-refractivity contribution in [1.29, 1.82) is 0 Å². The first kappa shape index (κ1) is 31.0. The van der Waals surface area contributed by atoms with E-state index in [2.05, 4.69) is 5.32 Å². The zero-order valence-electron chi connectivity index (χ0n) is 24.2. The Morgan fingerprint density at radius 3 is 2.07 bits per heavy atom. The number of amides is 2. The molecule has 4 rings (SSSR count). The summed E-state index contributed by atoms with van der Waals surface area (Å²) in [6.45, 7) is 1.01. The molecule has 2 amide bonds. The van der Waals surface area contributed by atoms with Crippen LogP contribution in [0, 0.1) is 0 Å². The highest BCUT2D eigenvalue weighted by Gasteiger charge is 2.34. The van der Waals surface area contributed by atoms with Crippen molar-refractivity contribution in [2.24, 2.45) is 0 Å². The predicted molar refractivity (Wildman–Crippen MR) is 165 cm³/mol. The Balaban J connectivity index is 1.72. The van der Waals surface area contributed by atoms with Crippen molar-refractivity contribution in [2.75, 3.05) is 17.1 Å². The lowest BCUT2D eigenvalue weighted by Crippen LogP contribution is -2.55. The van der Waals surface area contributed by atoms with Gasteiger partial charge in [-0.1, -0.05) is 92.1 Å². The van der Waals surface area contributed by atoms with E-state index in [9.17, 15) is 22.8 Å². The molecule has 9 heteroatoms. The summed E-state index contributed by atoms with van der Waals surface area (Å²) in [5.41, 5.74) is 2.26. The van der Waals surface area contributed by atoms with Crippen LogP contribution in [0.4, 0.5) is 5.69 Å². The van der Waals surface area contributed by atoms with Crippen LogP contribution in [-0.2, 0) is 32.6 Å². The van der Waals surface area contributed by atoms with Crippen LogP contribution in [0.2, 0.25) is 0 Å². The fraction of sp³-hybridized carbons (Fsp3) is 0.364. The molecule has 222 valence electrons. The maximum absolute atomic E-state index is 14.2. The Morgan fingerprint density at radius 1 is 0.857 bits per heavy atom. The molecule has 1 fully saturated rings. The first-order chi connectivity index (χ1) is 20.1. The van der Waals surface area contributed by atoms with Crippen molar-refractivity contribution in [2.45, 2.75) is 64.1 Å². The van der Waals surface area contributed by atoms with Crippen LogP contribution in [0.3, 0.4) is 0 Å². The molecule has 8 nitrogen and oxygen atoms in total. The fourth-order valence-corrected chi connectivity index (χ4v) is 6.21. The highest BCUT2D eigenvalue weighted by molar-refractivity contribution is 7.92. The number of nitrogens with one attached hydrogen (secondary N) is 1. The van der Waals surface area contributed by atoms with Gasteiger partial charge in [-0.15, -0.1) is 0 Å². The molecule has 1 aliphatic rings. The predicted octanol–water partition coefficient (Wildman–Crippen LogP) is 4.74. The molecule has 0 saturated heterocycles. The number of ketones is 1. The maximum atomic E-state index is 14.2. The number of anilines is 1. The van der Waals surface area contributed by atoms with Gasteiger partial charge >= 0.3 is 0 Å². The van der Waals surface area contributed by atoms with Crippen LogP contribution in [0.25, 0.3) is 0 Å². The topological polar surface area (TPSA) is 104 Å². The molecular formula is C33H39N3O5S. The van der Waals surface area contributed by atoms with E-state index in [-0.39, 0.29) is 36.4 Å². The Labute approximate surface area is 248 Å². The zero-order valence-corrected chi connectivity index (χ0v) is 25.1. The molecule has 1 N–H and O–H groups in total. The smallest absolute Gasteiger partial charge is 0.244 e. The van der Waals surface area contributed by atoms with Crippen molar-refractivity contribution >= 4 is 33.3 Å². The van der Waals surface area contributed by atoms with E-state index in [1.54, 1.807) is 18.2 Å². The minimum absolute atomic E-state index is 0.0417. The minimum Gasteiger partial charge on any atom is -0.352 e. The van der Waals surface area contributed by atoms with Gasteiger partial charge in [0.1, 0.15) is 12.6 Å². The number of hydrogen-bond acceptors (Lipinski definition) is 5. The second kappa shape index (κ2) is 14.3. The van der Waals surface area contributed by atoms with Crippen molar-refractivity contribution in [3.05, 3.63) is 102 Å². The van der Waals surface area contributed by atoms with Crippen LogP contribution >= 0.6 is 0 Å². The number of sulfonamides is 1. The summed E-state index contributed by atoms with van der Waals surface area (Å²) in [6.07, 6.45) is 6.32. The highest BCUT2D eigenvalue weighted by Crippen LogP contribution is 2.23. The Hall–Kier alpha value is -3.98. The number of Topliss-reactive ketones (excluding diaryl/α,β-unsaturated/α-hetero) is 1. The van der Waals surface area contributed by atoms with Crippen LogP contribution < -0.4 is 9.62 Å².